The standard InChI is InChI=1S/C27H25N3O3/c1-15-25(17(3)33-29-15)19-12-22(27(28)31)26-21-14-20(32-4)10-11-23(21)30(24(26)13-19)16(2)18-8-6-5-7-9-18/h5-14,16H,1-4H3,(H2,28,31). The fourth-order valence-corrected chi connectivity index (χ4v) is 4.81. The van der Waals surface area contributed by atoms with E-state index in [0.717, 1.165) is 49.9 Å². The number of methoxy groups -OCH3 is 1. The number of nitrogens with zero attached hydrogens (tertiary/aromatic N) is 2. The Balaban J connectivity index is 1.94. The van der Waals surface area contributed by atoms with E-state index in [0.29, 0.717) is 11.3 Å². The van der Waals surface area contributed by atoms with Gasteiger partial charge in [-0.3, -0.25) is 4.79 Å². The lowest BCUT2D eigenvalue weighted by atomic mass is 9.97. The number of carbonyl (C=O) groups excluding carboxylic acids is 1. The van der Waals surface area contributed by atoms with Crippen molar-refractivity contribution >= 4 is 27.7 Å². The molecule has 0 aliphatic rings. The molecule has 0 bridgehead atoms. The number of hydrogen-bond donors (Lipinski definition) is 1. The number of carbonyl (C=O) groups is 1. The number of rotatable bonds is 5. The van der Waals surface area contributed by atoms with E-state index in [1.54, 1.807) is 7.11 Å². The third-order valence-corrected chi connectivity index (χ3v) is 6.37. The summed E-state index contributed by atoms with van der Waals surface area (Å²) >= 11 is 0. The minimum absolute atomic E-state index is 0.0141. The maximum Gasteiger partial charge on any atom is 0.249 e. The van der Waals surface area contributed by atoms with E-state index in [-0.39, 0.29) is 6.04 Å². The first-order chi connectivity index (χ1) is 15.9. The third-order valence-electron chi connectivity index (χ3n) is 6.37. The van der Waals surface area contributed by atoms with Crippen LogP contribution in [0.5, 0.6) is 5.75 Å². The molecule has 0 saturated heterocycles. The van der Waals surface area contributed by atoms with E-state index in [2.05, 4.69) is 34.8 Å². The Bertz CT molecular complexity index is 1490. The first kappa shape index (κ1) is 20.8. The lowest BCUT2D eigenvalue weighted by Gasteiger charge is -2.18. The van der Waals surface area contributed by atoms with Crippen molar-refractivity contribution < 1.29 is 14.1 Å². The molecule has 0 spiro atoms. The van der Waals surface area contributed by atoms with Gasteiger partial charge in [0.15, 0.2) is 0 Å². The Kier molecular flexibility index (Phi) is 4.93. The second-order valence-corrected chi connectivity index (χ2v) is 8.32. The van der Waals surface area contributed by atoms with Crippen LogP contribution < -0.4 is 10.5 Å². The number of aromatic nitrogens is 2. The number of fused-ring (bicyclic) bond motifs is 3. The van der Waals surface area contributed by atoms with Crippen LogP contribution in [0, 0.1) is 13.8 Å². The summed E-state index contributed by atoms with van der Waals surface area (Å²) < 4.78 is 13.2. The van der Waals surface area contributed by atoms with Gasteiger partial charge in [0.25, 0.3) is 0 Å². The maximum absolute atomic E-state index is 12.7. The van der Waals surface area contributed by atoms with Gasteiger partial charge in [-0.15, -0.1) is 0 Å². The monoisotopic (exact) mass is 439 g/mol. The van der Waals surface area contributed by atoms with Gasteiger partial charge < -0.3 is 19.6 Å². The van der Waals surface area contributed by atoms with Crippen molar-refractivity contribution in [3.8, 4) is 16.9 Å². The molecule has 1 unspecified atom stereocenters. The lowest BCUT2D eigenvalue weighted by Crippen LogP contribution is -2.12. The van der Waals surface area contributed by atoms with Crippen LogP contribution in [0.2, 0.25) is 0 Å². The molecule has 0 radical (unpaired) electrons. The largest absolute Gasteiger partial charge is 0.497 e. The Morgan fingerprint density at radius 3 is 2.45 bits per heavy atom. The molecular formula is C27H25N3O3. The van der Waals surface area contributed by atoms with Gasteiger partial charge in [0.05, 0.1) is 24.4 Å². The maximum atomic E-state index is 12.7. The van der Waals surface area contributed by atoms with Crippen molar-refractivity contribution in [2.75, 3.05) is 7.11 Å². The number of nitrogens with two attached hydrogens (primary N) is 1. The average Bonchev–Trinajstić information content (AvgIpc) is 3.33. The summed E-state index contributed by atoms with van der Waals surface area (Å²) in [6, 6.07) is 20.2. The van der Waals surface area contributed by atoms with Crippen molar-refractivity contribution in [2.45, 2.75) is 26.8 Å². The quantitative estimate of drug-likeness (QED) is 0.376. The minimum atomic E-state index is -0.483. The van der Waals surface area contributed by atoms with Gasteiger partial charge in [-0.1, -0.05) is 35.5 Å². The van der Waals surface area contributed by atoms with Crippen LogP contribution in [0.1, 0.15) is 40.3 Å². The zero-order valence-corrected chi connectivity index (χ0v) is 19.0. The highest BCUT2D eigenvalue weighted by Crippen LogP contribution is 2.40. The van der Waals surface area contributed by atoms with Crippen LogP contribution in [-0.2, 0) is 0 Å². The molecule has 0 fully saturated rings. The van der Waals surface area contributed by atoms with Crippen LogP contribution in [0.3, 0.4) is 0 Å². The molecule has 2 heterocycles. The summed E-state index contributed by atoms with van der Waals surface area (Å²) in [7, 11) is 1.64. The molecular weight excluding hydrogens is 414 g/mol. The molecule has 6 heteroatoms. The molecule has 1 atom stereocenters. The van der Waals surface area contributed by atoms with E-state index in [4.69, 9.17) is 15.0 Å². The predicted molar refractivity (Wildman–Crippen MR) is 130 cm³/mol. The summed E-state index contributed by atoms with van der Waals surface area (Å²) in [5.74, 6) is 0.935. The molecule has 0 aliphatic carbocycles. The van der Waals surface area contributed by atoms with Crippen molar-refractivity contribution in [3.05, 3.63) is 83.2 Å². The molecule has 0 saturated carbocycles. The first-order valence-electron chi connectivity index (χ1n) is 10.8. The van der Waals surface area contributed by atoms with Crippen LogP contribution in [-0.4, -0.2) is 22.7 Å². The molecule has 0 aliphatic heterocycles. The van der Waals surface area contributed by atoms with Crippen molar-refractivity contribution in [2.24, 2.45) is 5.73 Å². The SMILES string of the molecule is COc1ccc2c(c1)c1c(C(N)=O)cc(-c3c(C)noc3C)cc1n2C(C)c1ccccc1. The minimum Gasteiger partial charge on any atom is -0.497 e. The molecule has 1 amide bonds. The van der Waals surface area contributed by atoms with E-state index in [9.17, 15) is 4.79 Å². The lowest BCUT2D eigenvalue weighted by molar-refractivity contribution is 0.100. The van der Waals surface area contributed by atoms with Crippen LogP contribution in [0.4, 0.5) is 0 Å². The number of aryl methyl sites for hydroxylation is 2. The van der Waals surface area contributed by atoms with E-state index in [1.807, 2.05) is 56.3 Å². The fourth-order valence-electron chi connectivity index (χ4n) is 4.81. The topological polar surface area (TPSA) is 83.3 Å². The van der Waals surface area contributed by atoms with E-state index in [1.165, 1.54) is 0 Å². The second kappa shape index (κ2) is 7.81. The summed E-state index contributed by atoms with van der Waals surface area (Å²) in [6.45, 7) is 5.93. The van der Waals surface area contributed by atoms with Gasteiger partial charge in [0.1, 0.15) is 11.5 Å². The summed E-state index contributed by atoms with van der Waals surface area (Å²) in [5.41, 5.74) is 11.9. The number of hydrogen-bond acceptors (Lipinski definition) is 4. The Morgan fingerprint density at radius 2 is 1.82 bits per heavy atom. The summed E-state index contributed by atoms with van der Waals surface area (Å²) in [5, 5.41) is 5.84. The van der Waals surface area contributed by atoms with Crippen molar-refractivity contribution in [1.29, 1.82) is 0 Å². The Labute approximate surface area is 191 Å². The van der Waals surface area contributed by atoms with Crippen LogP contribution >= 0.6 is 0 Å². The number of primary amides is 1. The highest BCUT2D eigenvalue weighted by Gasteiger charge is 2.23. The molecule has 5 rings (SSSR count). The first-order valence-corrected chi connectivity index (χ1v) is 10.8. The third kappa shape index (κ3) is 3.26. The van der Waals surface area contributed by atoms with Gasteiger partial charge >= 0.3 is 0 Å². The van der Waals surface area contributed by atoms with Crippen LogP contribution in [0.15, 0.2) is 65.2 Å². The molecule has 166 valence electrons. The van der Waals surface area contributed by atoms with E-state index >= 15 is 0 Å². The van der Waals surface area contributed by atoms with E-state index < -0.39 is 5.91 Å². The Hall–Kier alpha value is -4.06. The van der Waals surface area contributed by atoms with Crippen molar-refractivity contribution in [1.82, 2.24) is 9.72 Å². The second-order valence-electron chi connectivity index (χ2n) is 8.32. The molecule has 3 aromatic carbocycles. The highest BCUT2D eigenvalue weighted by atomic mass is 16.5. The fraction of sp³-hybridized carbons (Fsp3) is 0.185. The van der Waals surface area contributed by atoms with Gasteiger partial charge in [-0.05, 0) is 62.2 Å². The van der Waals surface area contributed by atoms with Gasteiger partial charge in [-0.25, -0.2) is 0 Å². The zero-order chi connectivity index (χ0) is 23.3. The molecule has 2 N–H and O–H groups in total. The number of amides is 1. The normalized spacial score (nSPS) is 12.4. The molecule has 33 heavy (non-hydrogen) atoms. The summed E-state index contributed by atoms with van der Waals surface area (Å²) in [6.07, 6.45) is 0. The Morgan fingerprint density at radius 1 is 1.06 bits per heavy atom. The molecule has 6 nitrogen and oxygen atoms in total. The van der Waals surface area contributed by atoms with Gasteiger partial charge in [0, 0.05) is 27.4 Å². The van der Waals surface area contributed by atoms with Crippen LogP contribution in [0.25, 0.3) is 32.9 Å². The molecule has 5 aromatic rings. The van der Waals surface area contributed by atoms with Gasteiger partial charge in [-0.2, -0.15) is 0 Å². The number of benzene rings is 3. The van der Waals surface area contributed by atoms with Crippen molar-refractivity contribution in [3.63, 3.8) is 0 Å². The summed E-state index contributed by atoms with van der Waals surface area (Å²) in [4.78, 5) is 12.7. The predicted octanol–water partition coefficient (Wildman–Crippen LogP) is 5.78. The highest BCUT2D eigenvalue weighted by molar-refractivity contribution is 6.19. The average molecular weight is 440 g/mol. The van der Waals surface area contributed by atoms with Gasteiger partial charge in [0.2, 0.25) is 5.91 Å². The zero-order valence-electron chi connectivity index (χ0n) is 19.0. The smallest absolute Gasteiger partial charge is 0.249 e. The molecule has 2 aromatic heterocycles. The number of ether oxygens (including phenoxy) is 1.